The number of methoxy groups -OCH3 is 1. The summed E-state index contributed by atoms with van der Waals surface area (Å²) >= 11 is 0. The zero-order chi connectivity index (χ0) is 32.2. The number of nitrogens with zero attached hydrogens (tertiary/aromatic N) is 5. The van der Waals surface area contributed by atoms with Crippen LogP contribution in [0.25, 0.3) is 0 Å². The van der Waals surface area contributed by atoms with Gasteiger partial charge in [-0.3, -0.25) is 9.52 Å². The molecule has 1 atom stereocenters. The summed E-state index contributed by atoms with van der Waals surface area (Å²) in [6.07, 6.45) is 2.88. The summed E-state index contributed by atoms with van der Waals surface area (Å²) in [6.45, 7) is 10.2. The first-order valence-electron chi connectivity index (χ1n) is 14.3. The van der Waals surface area contributed by atoms with Gasteiger partial charge in [-0.2, -0.15) is 5.11 Å². The molecule has 3 N–H and O–H groups in total. The number of hydrogen-bond acceptors (Lipinski definition) is 10. The molecule has 0 spiro atoms. The Hall–Kier alpha value is -4.23. The SMILES string of the molecule is COc1c(NC(=O)c2ccc(C)c(N3CC(c4ccc(NCCN(C)C)nc4)N=N3)c2)cc(C(C)(C)C)cc1NS(C)(=O)=O. The van der Waals surface area contributed by atoms with Crippen LogP contribution in [0.15, 0.2) is 59.0 Å². The number of aromatic nitrogens is 1. The number of likely N-dealkylation sites (N-methyl/N-ethyl adjacent to an activating group) is 1. The van der Waals surface area contributed by atoms with E-state index in [2.05, 4.69) is 35.6 Å². The molecule has 2 heterocycles. The maximum atomic E-state index is 13.6. The number of ether oxygens (including phenoxy) is 1. The van der Waals surface area contributed by atoms with Crippen LogP contribution >= 0.6 is 0 Å². The van der Waals surface area contributed by atoms with Gasteiger partial charge < -0.3 is 20.3 Å². The molecule has 1 aliphatic rings. The van der Waals surface area contributed by atoms with Gasteiger partial charge in [0.05, 0.1) is 37.0 Å². The molecule has 0 saturated heterocycles. The Morgan fingerprint density at radius 2 is 1.84 bits per heavy atom. The number of rotatable bonds is 11. The molecular formula is C31H42N8O4S. The van der Waals surface area contributed by atoms with Crippen molar-refractivity contribution in [1.29, 1.82) is 0 Å². The lowest BCUT2D eigenvalue weighted by molar-refractivity contribution is 0.102. The highest BCUT2D eigenvalue weighted by molar-refractivity contribution is 7.92. The number of anilines is 4. The summed E-state index contributed by atoms with van der Waals surface area (Å²) in [6, 6.07) is 12.6. The van der Waals surface area contributed by atoms with Gasteiger partial charge in [-0.25, -0.2) is 18.4 Å². The van der Waals surface area contributed by atoms with Crippen molar-refractivity contribution in [2.24, 2.45) is 10.3 Å². The predicted octanol–water partition coefficient (Wildman–Crippen LogP) is 5.22. The monoisotopic (exact) mass is 622 g/mol. The molecule has 0 radical (unpaired) electrons. The summed E-state index contributed by atoms with van der Waals surface area (Å²) in [4.78, 5) is 20.2. The lowest BCUT2D eigenvalue weighted by Crippen LogP contribution is -2.21. The number of amides is 1. The number of hydrogen-bond donors (Lipinski definition) is 3. The zero-order valence-electron chi connectivity index (χ0n) is 26.6. The third-order valence-electron chi connectivity index (χ3n) is 7.13. The normalized spacial score (nSPS) is 15.0. The first-order valence-corrected chi connectivity index (χ1v) is 16.2. The van der Waals surface area contributed by atoms with Crippen molar-refractivity contribution in [1.82, 2.24) is 9.88 Å². The standard InChI is InChI=1S/C31H42N8O4S/c1-20-9-10-21(30(40)34-24-16-23(31(2,3)4)17-25(29(24)43-7)36-44(8,41)42)15-27(20)39-19-26(35-37-39)22-11-12-28(33-18-22)32-13-14-38(5)6/h9-12,15-18,26,36H,13-14,19H2,1-8H3,(H,32,33)(H,34,40). The molecule has 4 rings (SSSR count). The number of pyridine rings is 1. The second kappa shape index (κ2) is 13.2. The van der Waals surface area contributed by atoms with E-state index in [1.165, 1.54) is 7.11 Å². The first kappa shape index (κ1) is 32.7. The number of carbonyl (C=O) groups is 1. The Morgan fingerprint density at radius 1 is 1.11 bits per heavy atom. The fraction of sp³-hybridized carbons (Fsp3) is 0.419. The summed E-state index contributed by atoms with van der Waals surface area (Å²) in [5.41, 5.74) is 4.14. The molecular weight excluding hydrogens is 580 g/mol. The largest absolute Gasteiger partial charge is 0.492 e. The third-order valence-corrected chi connectivity index (χ3v) is 7.72. The van der Waals surface area contributed by atoms with E-state index in [1.54, 1.807) is 29.3 Å². The molecule has 0 aliphatic carbocycles. The van der Waals surface area contributed by atoms with Crippen LogP contribution in [0.2, 0.25) is 0 Å². The van der Waals surface area contributed by atoms with Crippen LogP contribution < -0.4 is 25.1 Å². The highest BCUT2D eigenvalue weighted by atomic mass is 32.2. The maximum Gasteiger partial charge on any atom is 0.255 e. The van der Waals surface area contributed by atoms with Crippen molar-refractivity contribution in [2.45, 2.75) is 39.2 Å². The Labute approximate surface area is 259 Å². The minimum absolute atomic E-state index is 0.194. The topological polar surface area (TPSA) is 141 Å². The van der Waals surface area contributed by atoms with Crippen molar-refractivity contribution >= 4 is 38.8 Å². The molecule has 1 aromatic heterocycles. The first-order chi connectivity index (χ1) is 20.6. The van der Waals surface area contributed by atoms with Gasteiger partial charge in [0.15, 0.2) is 5.75 Å². The third kappa shape index (κ3) is 8.23. The number of benzene rings is 2. The quantitative estimate of drug-likeness (QED) is 0.264. The van der Waals surface area contributed by atoms with Gasteiger partial charge in [0.1, 0.15) is 11.9 Å². The lowest BCUT2D eigenvalue weighted by Gasteiger charge is -2.24. The number of aryl methyl sites for hydroxylation is 1. The lowest BCUT2D eigenvalue weighted by atomic mass is 9.86. The summed E-state index contributed by atoms with van der Waals surface area (Å²) in [5.74, 6) is 0.642. The fourth-order valence-electron chi connectivity index (χ4n) is 4.67. The van der Waals surface area contributed by atoms with E-state index in [1.807, 2.05) is 66.2 Å². The van der Waals surface area contributed by atoms with Gasteiger partial charge in [-0.05, 0) is 73.5 Å². The predicted molar refractivity (Wildman–Crippen MR) is 176 cm³/mol. The Balaban J connectivity index is 1.53. The molecule has 2 aromatic carbocycles. The average Bonchev–Trinajstić information content (AvgIpc) is 3.42. The highest BCUT2D eigenvalue weighted by Gasteiger charge is 2.26. The van der Waals surface area contributed by atoms with Gasteiger partial charge in [0, 0.05) is 24.8 Å². The summed E-state index contributed by atoms with van der Waals surface area (Å²) in [7, 11) is 1.88. The molecule has 1 aliphatic heterocycles. The van der Waals surface area contributed by atoms with Crippen LogP contribution in [0.4, 0.5) is 22.9 Å². The van der Waals surface area contributed by atoms with Crippen LogP contribution in [0.1, 0.15) is 53.9 Å². The summed E-state index contributed by atoms with van der Waals surface area (Å²) < 4.78 is 32.2. The van der Waals surface area contributed by atoms with Crippen LogP contribution in [0, 0.1) is 6.92 Å². The molecule has 1 amide bonds. The van der Waals surface area contributed by atoms with E-state index in [4.69, 9.17) is 4.74 Å². The molecule has 3 aromatic rings. The Kier molecular flexibility index (Phi) is 9.79. The van der Waals surface area contributed by atoms with Crippen LogP contribution in [-0.2, 0) is 15.4 Å². The van der Waals surface area contributed by atoms with Crippen molar-refractivity contribution in [3.8, 4) is 5.75 Å². The minimum atomic E-state index is -3.60. The number of carbonyl (C=O) groups excluding carboxylic acids is 1. The van der Waals surface area contributed by atoms with Gasteiger partial charge in [0.25, 0.3) is 5.91 Å². The minimum Gasteiger partial charge on any atom is -0.492 e. The van der Waals surface area contributed by atoms with E-state index in [-0.39, 0.29) is 28.8 Å². The molecule has 236 valence electrons. The maximum absolute atomic E-state index is 13.6. The average molecular weight is 623 g/mol. The van der Waals surface area contributed by atoms with Crippen LogP contribution in [0.5, 0.6) is 5.75 Å². The molecule has 1 unspecified atom stereocenters. The van der Waals surface area contributed by atoms with Gasteiger partial charge >= 0.3 is 0 Å². The second-order valence-corrected chi connectivity index (χ2v) is 13.9. The zero-order valence-corrected chi connectivity index (χ0v) is 27.4. The molecule has 0 saturated carbocycles. The van der Waals surface area contributed by atoms with E-state index in [9.17, 15) is 13.2 Å². The number of nitrogens with one attached hydrogen (secondary N) is 3. The highest BCUT2D eigenvalue weighted by Crippen LogP contribution is 2.39. The van der Waals surface area contributed by atoms with Gasteiger partial charge in [-0.1, -0.05) is 38.1 Å². The van der Waals surface area contributed by atoms with E-state index in [0.29, 0.717) is 17.8 Å². The van der Waals surface area contributed by atoms with E-state index >= 15 is 0 Å². The number of sulfonamides is 1. The van der Waals surface area contributed by atoms with Gasteiger partial charge in [-0.15, -0.1) is 0 Å². The van der Waals surface area contributed by atoms with E-state index < -0.39 is 10.0 Å². The summed E-state index contributed by atoms with van der Waals surface area (Å²) in [5, 5.41) is 16.9. The Morgan fingerprint density at radius 3 is 2.45 bits per heavy atom. The van der Waals surface area contributed by atoms with Crippen molar-refractivity contribution < 1.29 is 17.9 Å². The molecule has 44 heavy (non-hydrogen) atoms. The van der Waals surface area contributed by atoms with Crippen LogP contribution in [0.3, 0.4) is 0 Å². The van der Waals surface area contributed by atoms with Crippen molar-refractivity contribution in [3.05, 3.63) is 70.9 Å². The van der Waals surface area contributed by atoms with Crippen LogP contribution in [-0.4, -0.2) is 71.3 Å². The smallest absolute Gasteiger partial charge is 0.255 e. The van der Waals surface area contributed by atoms with E-state index in [0.717, 1.165) is 47.5 Å². The van der Waals surface area contributed by atoms with Crippen molar-refractivity contribution in [3.63, 3.8) is 0 Å². The Bertz CT molecular complexity index is 1630. The van der Waals surface area contributed by atoms with Crippen molar-refractivity contribution in [2.75, 3.05) is 67.5 Å². The fourth-order valence-corrected chi connectivity index (χ4v) is 5.22. The molecule has 12 nitrogen and oxygen atoms in total. The molecule has 0 bridgehead atoms. The van der Waals surface area contributed by atoms with Gasteiger partial charge in [0.2, 0.25) is 10.0 Å². The molecule has 13 heteroatoms. The second-order valence-electron chi connectivity index (χ2n) is 12.2. The molecule has 0 fully saturated rings.